The quantitative estimate of drug-likeness (QED) is 0.408. The summed E-state index contributed by atoms with van der Waals surface area (Å²) >= 11 is 9.72. The zero-order valence-corrected chi connectivity index (χ0v) is 19.4. The van der Waals surface area contributed by atoms with Gasteiger partial charge < -0.3 is 23.7 Å². The summed E-state index contributed by atoms with van der Waals surface area (Å²) < 4.78 is 23.5. The molecule has 9 heteroatoms. The van der Waals surface area contributed by atoms with Crippen molar-refractivity contribution < 1.29 is 28.5 Å². The molecule has 1 saturated carbocycles. The lowest BCUT2D eigenvalue weighted by atomic mass is 9.82. The van der Waals surface area contributed by atoms with Crippen molar-refractivity contribution in [2.45, 2.75) is 18.9 Å². The summed E-state index contributed by atoms with van der Waals surface area (Å²) in [4.78, 5) is 23.4. The number of carbonyl (C=O) groups is 1. The van der Waals surface area contributed by atoms with E-state index in [0.717, 1.165) is 0 Å². The maximum atomic E-state index is 12.6. The van der Waals surface area contributed by atoms with Gasteiger partial charge in [-0.15, -0.1) is 0 Å². The van der Waals surface area contributed by atoms with Gasteiger partial charge in [0.1, 0.15) is 12.4 Å². The van der Waals surface area contributed by atoms with E-state index in [1.165, 1.54) is 13.2 Å². The van der Waals surface area contributed by atoms with Crippen LogP contribution in [-0.4, -0.2) is 37.5 Å². The molecule has 4 rings (SSSR count). The minimum absolute atomic E-state index is 0.0568. The van der Waals surface area contributed by atoms with Crippen molar-refractivity contribution >= 4 is 44.5 Å². The Morgan fingerprint density at radius 3 is 2.72 bits per heavy atom. The molecule has 3 aromatic rings. The normalized spacial score (nSPS) is 17.7. The van der Waals surface area contributed by atoms with Crippen LogP contribution in [0.2, 0.25) is 5.02 Å². The van der Waals surface area contributed by atoms with E-state index in [1.54, 1.807) is 30.3 Å². The van der Waals surface area contributed by atoms with Gasteiger partial charge in [0.2, 0.25) is 0 Å². The van der Waals surface area contributed by atoms with Gasteiger partial charge in [0.25, 0.3) is 0 Å². The summed E-state index contributed by atoms with van der Waals surface area (Å²) in [7, 11) is 1.53. The Hall–Kier alpha value is -2.55. The summed E-state index contributed by atoms with van der Waals surface area (Å²) in [6, 6.07) is 9.88. The molecule has 0 aliphatic heterocycles. The zero-order valence-electron chi connectivity index (χ0n) is 17.1. The van der Waals surface area contributed by atoms with Crippen LogP contribution >= 0.6 is 27.5 Å². The molecule has 0 saturated heterocycles. The number of halogens is 2. The van der Waals surface area contributed by atoms with Crippen LogP contribution in [0, 0.1) is 5.92 Å². The third-order valence-corrected chi connectivity index (χ3v) is 6.32. The lowest BCUT2D eigenvalue weighted by Crippen LogP contribution is -2.37. The van der Waals surface area contributed by atoms with Crippen molar-refractivity contribution in [3.63, 3.8) is 0 Å². The molecule has 1 heterocycles. The number of benzene rings is 2. The summed E-state index contributed by atoms with van der Waals surface area (Å²) in [5.41, 5.74) is 0.710. The van der Waals surface area contributed by atoms with Crippen LogP contribution in [-0.2, 0) is 9.53 Å². The molecular formula is C23H20BrClO7. The fraction of sp³-hybridized carbons (Fsp3) is 0.304. The minimum atomic E-state index is -0.783. The molecule has 0 atom stereocenters. The molecule has 1 N–H and O–H groups in total. The predicted molar refractivity (Wildman–Crippen MR) is 123 cm³/mol. The van der Waals surface area contributed by atoms with Crippen molar-refractivity contribution in [2.75, 3.05) is 20.3 Å². The molecule has 1 aliphatic carbocycles. The summed E-state index contributed by atoms with van der Waals surface area (Å²) in [6.45, 7) is 0.561. The number of carboxylic acid groups (broad SMARTS) is 1. The maximum absolute atomic E-state index is 12.6. The van der Waals surface area contributed by atoms with E-state index in [4.69, 9.17) is 35.3 Å². The third kappa shape index (κ3) is 4.62. The van der Waals surface area contributed by atoms with Crippen LogP contribution in [0.1, 0.15) is 12.8 Å². The van der Waals surface area contributed by atoms with Crippen LogP contribution in [0.4, 0.5) is 0 Å². The van der Waals surface area contributed by atoms with Gasteiger partial charge in [0, 0.05) is 16.1 Å². The van der Waals surface area contributed by atoms with Gasteiger partial charge in [0.05, 0.1) is 36.1 Å². The van der Waals surface area contributed by atoms with Gasteiger partial charge in [-0.3, -0.25) is 9.59 Å². The second-order valence-corrected chi connectivity index (χ2v) is 8.68. The van der Waals surface area contributed by atoms with Gasteiger partial charge in [-0.1, -0.05) is 17.7 Å². The highest BCUT2D eigenvalue weighted by Gasteiger charge is 2.35. The lowest BCUT2D eigenvalue weighted by molar-refractivity contribution is -0.151. The Morgan fingerprint density at radius 1 is 1.22 bits per heavy atom. The highest BCUT2D eigenvalue weighted by atomic mass is 79.9. The van der Waals surface area contributed by atoms with Gasteiger partial charge in [-0.25, -0.2) is 0 Å². The molecule has 0 amide bonds. The van der Waals surface area contributed by atoms with Gasteiger partial charge in [-0.2, -0.15) is 0 Å². The van der Waals surface area contributed by atoms with Crippen LogP contribution in [0.25, 0.3) is 22.3 Å². The largest absolute Gasteiger partial charge is 0.493 e. The fourth-order valence-corrected chi connectivity index (χ4v) is 4.27. The number of rotatable bonds is 8. The smallest absolute Gasteiger partial charge is 0.306 e. The monoisotopic (exact) mass is 522 g/mol. The van der Waals surface area contributed by atoms with Crippen molar-refractivity contribution in [1.29, 1.82) is 0 Å². The number of ether oxygens (including phenoxy) is 3. The Balaban J connectivity index is 1.53. The molecule has 1 aliphatic rings. The summed E-state index contributed by atoms with van der Waals surface area (Å²) in [5.74, 6) is 0.181. The van der Waals surface area contributed by atoms with Crippen molar-refractivity contribution in [3.05, 3.63) is 56.1 Å². The van der Waals surface area contributed by atoms with Crippen LogP contribution in [0.5, 0.6) is 11.5 Å². The predicted octanol–water partition coefficient (Wildman–Crippen LogP) is 5.14. The molecule has 0 bridgehead atoms. The second-order valence-electron chi connectivity index (χ2n) is 7.42. The maximum Gasteiger partial charge on any atom is 0.306 e. The molecule has 2 aromatic carbocycles. The van der Waals surface area contributed by atoms with E-state index >= 15 is 0 Å². The van der Waals surface area contributed by atoms with E-state index in [1.807, 2.05) is 0 Å². The van der Waals surface area contributed by atoms with Crippen LogP contribution < -0.4 is 14.9 Å². The van der Waals surface area contributed by atoms with E-state index in [-0.39, 0.29) is 24.1 Å². The first-order valence-electron chi connectivity index (χ1n) is 9.95. The van der Waals surface area contributed by atoms with Gasteiger partial charge >= 0.3 is 5.97 Å². The number of para-hydroxylation sites is 1. The first kappa shape index (κ1) is 22.6. The average molecular weight is 524 g/mol. The number of aliphatic carboxylic acids is 1. The number of fused-ring (bicyclic) bond motifs is 1. The molecule has 0 spiro atoms. The first-order valence-corrected chi connectivity index (χ1v) is 11.1. The molecule has 1 aromatic heterocycles. The van der Waals surface area contributed by atoms with Crippen molar-refractivity contribution in [1.82, 2.24) is 0 Å². The van der Waals surface area contributed by atoms with E-state index in [9.17, 15) is 9.59 Å². The SMILES string of the molecule is COc1cc(Br)c(-c2cc(=O)c3cccc(Cl)c3o2)cc1OCCOC1CC(C(=O)O)C1. The molecule has 7 nitrogen and oxygen atoms in total. The standard InChI is InChI=1S/C23H20BrClO7/c1-29-20-10-16(24)15(19-11-18(26)14-3-2-4-17(25)22(14)32-19)9-21(20)31-6-5-30-13-7-12(8-13)23(27)28/h2-4,9-13H,5-8H2,1H3,(H,27,28). The third-order valence-electron chi connectivity index (χ3n) is 5.36. The van der Waals surface area contributed by atoms with Gasteiger partial charge in [-0.05, 0) is 53.0 Å². The second kappa shape index (κ2) is 9.52. The molecule has 0 radical (unpaired) electrons. The minimum Gasteiger partial charge on any atom is -0.493 e. The first-order chi connectivity index (χ1) is 15.4. The highest BCUT2D eigenvalue weighted by molar-refractivity contribution is 9.10. The van der Waals surface area contributed by atoms with Crippen LogP contribution in [0.15, 0.2) is 50.1 Å². The summed E-state index contributed by atoms with van der Waals surface area (Å²) in [6.07, 6.45) is 0.980. The molecule has 0 unspecified atom stereocenters. The van der Waals surface area contributed by atoms with Crippen LogP contribution in [0.3, 0.4) is 0 Å². The number of methoxy groups -OCH3 is 1. The molecule has 168 valence electrons. The molecule has 1 fully saturated rings. The topological polar surface area (TPSA) is 95.2 Å². The highest BCUT2D eigenvalue weighted by Crippen LogP contribution is 2.39. The van der Waals surface area contributed by atoms with Crippen molar-refractivity contribution in [2.24, 2.45) is 5.92 Å². The van der Waals surface area contributed by atoms with E-state index in [0.29, 0.717) is 62.7 Å². The summed E-state index contributed by atoms with van der Waals surface area (Å²) in [5, 5.41) is 9.68. The fourth-order valence-electron chi connectivity index (χ4n) is 3.54. The average Bonchev–Trinajstić information content (AvgIpc) is 2.73. The van der Waals surface area contributed by atoms with E-state index < -0.39 is 5.97 Å². The molecular weight excluding hydrogens is 504 g/mol. The Kier molecular flexibility index (Phi) is 6.74. The number of hydrogen-bond donors (Lipinski definition) is 1. The number of hydrogen-bond acceptors (Lipinski definition) is 6. The number of carboxylic acids is 1. The lowest BCUT2D eigenvalue weighted by Gasteiger charge is -2.32. The molecule has 32 heavy (non-hydrogen) atoms. The van der Waals surface area contributed by atoms with Crippen molar-refractivity contribution in [3.8, 4) is 22.8 Å². The Labute approximate surface area is 197 Å². The Bertz CT molecular complexity index is 1220. The van der Waals surface area contributed by atoms with E-state index in [2.05, 4.69) is 15.9 Å². The zero-order chi connectivity index (χ0) is 22.8. The Morgan fingerprint density at radius 2 is 2.00 bits per heavy atom. The van der Waals surface area contributed by atoms with Gasteiger partial charge in [0.15, 0.2) is 22.5 Å².